The summed E-state index contributed by atoms with van der Waals surface area (Å²) in [5.74, 6) is -0.106. The van der Waals surface area contributed by atoms with Gasteiger partial charge in [-0.25, -0.2) is 0 Å². The molecule has 28 heavy (non-hydrogen) atoms. The van der Waals surface area contributed by atoms with Gasteiger partial charge < -0.3 is 4.90 Å². The van der Waals surface area contributed by atoms with Crippen molar-refractivity contribution in [2.75, 3.05) is 26.2 Å². The maximum absolute atomic E-state index is 12.7. The summed E-state index contributed by atoms with van der Waals surface area (Å²) in [6.07, 6.45) is 0. The Morgan fingerprint density at radius 2 is 1.82 bits per heavy atom. The quantitative estimate of drug-likeness (QED) is 0.493. The van der Waals surface area contributed by atoms with E-state index in [2.05, 4.69) is 41.3 Å². The number of rotatable bonds is 4. The zero-order valence-corrected chi connectivity index (χ0v) is 16.4. The van der Waals surface area contributed by atoms with Crippen molar-refractivity contribution >= 4 is 33.7 Å². The molecule has 4 rings (SSSR count). The molecule has 1 aromatic heterocycles. The third kappa shape index (κ3) is 3.63. The van der Waals surface area contributed by atoms with Gasteiger partial charge in [-0.3, -0.25) is 19.8 Å². The van der Waals surface area contributed by atoms with Gasteiger partial charge in [0.05, 0.1) is 14.7 Å². The van der Waals surface area contributed by atoms with Crippen molar-refractivity contribution in [3.8, 4) is 0 Å². The Balaban J connectivity index is 1.41. The van der Waals surface area contributed by atoms with Crippen LogP contribution in [0.25, 0.3) is 10.8 Å². The third-order valence-corrected chi connectivity index (χ3v) is 6.26. The summed E-state index contributed by atoms with van der Waals surface area (Å²) >= 11 is 1.20. The van der Waals surface area contributed by atoms with Crippen LogP contribution < -0.4 is 0 Å². The van der Waals surface area contributed by atoms with E-state index in [1.165, 1.54) is 33.7 Å². The first kappa shape index (κ1) is 18.6. The predicted molar refractivity (Wildman–Crippen MR) is 111 cm³/mol. The lowest BCUT2D eigenvalue weighted by Crippen LogP contribution is -2.48. The predicted octanol–water partition coefficient (Wildman–Crippen LogP) is 4.08. The highest BCUT2D eigenvalue weighted by Gasteiger charge is 2.26. The highest BCUT2D eigenvalue weighted by atomic mass is 32.1. The molecule has 7 heteroatoms. The first-order chi connectivity index (χ1) is 13.5. The van der Waals surface area contributed by atoms with Gasteiger partial charge in [-0.05, 0) is 23.3 Å². The molecule has 1 fully saturated rings. The van der Waals surface area contributed by atoms with Crippen LogP contribution in [0.2, 0.25) is 0 Å². The molecule has 0 radical (unpaired) electrons. The molecule has 144 valence electrons. The van der Waals surface area contributed by atoms with Crippen LogP contribution >= 0.6 is 11.3 Å². The molecule has 1 aliphatic heterocycles. The highest BCUT2D eigenvalue weighted by molar-refractivity contribution is 7.14. The minimum Gasteiger partial charge on any atom is -0.335 e. The Labute approximate surface area is 167 Å². The van der Waals surface area contributed by atoms with Gasteiger partial charge in [0.2, 0.25) is 0 Å². The molecule has 1 saturated heterocycles. The van der Waals surface area contributed by atoms with Crippen LogP contribution in [0.15, 0.2) is 48.5 Å². The van der Waals surface area contributed by atoms with Crippen LogP contribution in [-0.4, -0.2) is 46.8 Å². The Hall–Kier alpha value is -2.77. The van der Waals surface area contributed by atoms with Gasteiger partial charge in [-0.2, -0.15) is 0 Å². The largest absolute Gasteiger partial charge is 0.335 e. The van der Waals surface area contributed by atoms with E-state index in [1.54, 1.807) is 11.8 Å². The molecule has 6 nitrogen and oxygen atoms in total. The number of hydrogen-bond donors (Lipinski definition) is 0. The van der Waals surface area contributed by atoms with E-state index in [4.69, 9.17) is 0 Å². The zero-order valence-electron chi connectivity index (χ0n) is 15.6. The summed E-state index contributed by atoms with van der Waals surface area (Å²) in [7, 11) is 0. The summed E-state index contributed by atoms with van der Waals surface area (Å²) in [6, 6.07) is 16.2. The minimum atomic E-state index is -0.426. The summed E-state index contributed by atoms with van der Waals surface area (Å²) in [4.78, 5) is 28.5. The van der Waals surface area contributed by atoms with E-state index in [1.807, 2.05) is 6.07 Å². The topological polar surface area (TPSA) is 66.7 Å². The van der Waals surface area contributed by atoms with Crippen molar-refractivity contribution in [3.05, 3.63) is 74.0 Å². The summed E-state index contributed by atoms with van der Waals surface area (Å²) < 4.78 is 0. The molecule has 0 bridgehead atoms. The summed E-state index contributed by atoms with van der Waals surface area (Å²) in [5, 5.41) is 13.5. The fourth-order valence-corrected chi connectivity index (χ4v) is 4.65. The van der Waals surface area contributed by atoms with E-state index in [0.717, 1.165) is 19.6 Å². The number of hydrogen-bond acceptors (Lipinski definition) is 5. The molecule has 1 amide bonds. The van der Waals surface area contributed by atoms with Gasteiger partial charge >= 0.3 is 0 Å². The molecule has 0 N–H and O–H groups in total. The van der Waals surface area contributed by atoms with Crippen LogP contribution in [0.1, 0.15) is 20.1 Å². The molecule has 1 aliphatic rings. The molecule has 3 aromatic rings. The second kappa shape index (κ2) is 7.69. The van der Waals surface area contributed by atoms with Crippen molar-refractivity contribution in [1.29, 1.82) is 0 Å². The number of amides is 1. The van der Waals surface area contributed by atoms with Gasteiger partial charge in [-0.1, -0.05) is 42.5 Å². The summed E-state index contributed by atoms with van der Waals surface area (Å²) in [6.45, 7) is 5.39. The second-order valence-electron chi connectivity index (χ2n) is 7.02. The number of thiophene rings is 1. The normalized spacial score (nSPS) is 15.1. The van der Waals surface area contributed by atoms with Crippen LogP contribution in [0.5, 0.6) is 0 Å². The lowest BCUT2D eigenvalue weighted by atomic mass is 10.0. The monoisotopic (exact) mass is 395 g/mol. The maximum Gasteiger partial charge on any atom is 0.283 e. The van der Waals surface area contributed by atoms with E-state index in [0.29, 0.717) is 22.8 Å². The minimum absolute atomic E-state index is 0.0305. The molecule has 0 saturated carbocycles. The molecule has 0 atom stereocenters. The van der Waals surface area contributed by atoms with Crippen molar-refractivity contribution in [2.45, 2.75) is 13.5 Å². The van der Waals surface area contributed by atoms with E-state index in [-0.39, 0.29) is 11.6 Å². The third-order valence-electron chi connectivity index (χ3n) is 5.23. The van der Waals surface area contributed by atoms with Crippen LogP contribution in [0.4, 0.5) is 5.69 Å². The number of fused-ring (bicyclic) bond motifs is 1. The second-order valence-corrected chi connectivity index (χ2v) is 8.27. The molecule has 0 spiro atoms. The SMILES string of the molecule is Cc1sc(C(=O)N2CCN(Cc3cccc4ccccc34)CC2)cc1[N+](=O)[O-]. The number of carbonyl (C=O) groups excluding carboxylic acids is 1. The van der Waals surface area contributed by atoms with Gasteiger partial charge in [0.25, 0.3) is 11.6 Å². The number of benzene rings is 2. The molecule has 2 aromatic carbocycles. The van der Waals surface area contributed by atoms with Gasteiger partial charge in [0.1, 0.15) is 0 Å². The number of piperazine rings is 1. The average molecular weight is 395 g/mol. The van der Waals surface area contributed by atoms with Crippen molar-refractivity contribution in [3.63, 3.8) is 0 Å². The smallest absolute Gasteiger partial charge is 0.283 e. The fourth-order valence-electron chi connectivity index (χ4n) is 3.70. The Morgan fingerprint density at radius 1 is 1.11 bits per heavy atom. The Morgan fingerprint density at radius 3 is 2.54 bits per heavy atom. The number of nitrogens with zero attached hydrogens (tertiary/aromatic N) is 3. The van der Waals surface area contributed by atoms with Crippen LogP contribution in [0, 0.1) is 17.0 Å². The first-order valence-corrected chi connectivity index (χ1v) is 10.1. The van der Waals surface area contributed by atoms with Crippen molar-refractivity contribution < 1.29 is 9.72 Å². The number of aryl methyl sites for hydroxylation is 1. The first-order valence-electron chi connectivity index (χ1n) is 9.26. The zero-order chi connectivity index (χ0) is 19.7. The fraction of sp³-hybridized carbons (Fsp3) is 0.286. The highest BCUT2D eigenvalue weighted by Crippen LogP contribution is 2.29. The van der Waals surface area contributed by atoms with Gasteiger partial charge in [0, 0.05) is 38.8 Å². The van der Waals surface area contributed by atoms with Crippen LogP contribution in [-0.2, 0) is 6.54 Å². The molecular weight excluding hydrogens is 374 g/mol. The standard InChI is InChI=1S/C21H21N3O3S/c1-15-19(24(26)27)13-20(28-15)21(25)23-11-9-22(10-12-23)14-17-7-4-6-16-5-2-3-8-18(16)17/h2-8,13H,9-12,14H2,1H3. The van der Waals surface area contributed by atoms with Crippen LogP contribution in [0.3, 0.4) is 0 Å². The Kier molecular flexibility index (Phi) is 5.11. The summed E-state index contributed by atoms with van der Waals surface area (Å²) in [5.41, 5.74) is 1.32. The Bertz CT molecular complexity index is 1030. The molecule has 0 aliphatic carbocycles. The maximum atomic E-state index is 12.7. The van der Waals surface area contributed by atoms with E-state index in [9.17, 15) is 14.9 Å². The molecule has 0 unspecified atom stereocenters. The van der Waals surface area contributed by atoms with Crippen molar-refractivity contribution in [1.82, 2.24) is 9.80 Å². The average Bonchev–Trinajstić information content (AvgIpc) is 3.10. The molecular formula is C21H21N3O3S. The van der Waals surface area contributed by atoms with Gasteiger partial charge in [0.15, 0.2) is 0 Å². The van der Waals surface area contributed by atoms with Gasteiger partial charge in [-0.15, -0.1) is 11.3 Å². The van der Waals surface area contributed by atoms with E-state index < -0.39 is 4.92 Å². The van der Waals surface area contributed by atoms with Crippen molar-refractivity contribution in [2.24, 2.45) is 0 Å². The lowest BCUT2D eigenvalue weighted by Gasteiger charge is -2.34. The molecule has 2 heterocycles. The van der Waals surface area contributed by atoms with E-state index >= 15 is 0 Å². The number of nitro groups is 1. The lowest BCUT2D eigenvalue weighted by molar-refractivity contribution is -0.385. The number of carbonyl (C=O) groups is 1.